The lowest BCUT2D eigenvalue weighted by atomic mass is 10.1. The van der Waals surface area contributed by atoms with E-state index in [1.165, 1.54) is 0 Å². The summed E-state index contributed by atoms with van der Waals surface area (Å²) >= 11 is 0. The van der Waals surface area contributed by atoms with Crippen molar-refractivity contribution in [2.24, 2.45) is 5.73 Å². The summed E-state index contributed by atoms with van der Waals surface area (Å²) in [7, 11) is 0. The van der Waals surface area contributed by atoms with Crippen molar-refractivity contribution >= 4 is 11.6 Å². The van der Waals surface area contributed by atoms with Gasteiger partial charge >= 0.3 is 0 Å². The van der Waals surface area contributed by atoms with Gasteiger partial charge in [0.2, 0.25) is 0 Å². The maximum absolute atomic E-state index is 11.0. The van der Waals surface area contributed by atoms with Crippen LogP contribution in [0, 0.1) is 0 Å². The molecule has 4 nitrogen and oxygen atoms in total. The van der Waals surface area contributed by atoms with Crippen LogP contribution in [0.1, 0.15) is 30.6 Å². The van der Waals surface area contributed by atoms with Gasteiger partial charge in [-0.2, -0.15) is 0 Å². The summed E-state index contributed by atoms with van der Waals surface area (Å²) in [6, 6.07) is 5.02. The Morgan fingerprint density at radius 2 is 2.20 bits per heavy atom. The Morgan fingerprint density at radius 3 is 2.73 bits per heavy atom. The van der Waals surface area contributed by atoms with E-state index in [1.54, 1.807) is 18.2 Å². The second-order valence-electron chi connectivity index (χ2n) is 3.42. The molecule has 1 atom stereocenters. The van der Waals surface area contributed by atoms with Gasteiger partial charge in [-0.15, -0.1) is 0 Å². The van der Waals surface area contributed by atoms with Crippen molar-refractivity contribution in [1.29, 1.82) is 0 Å². The fourth-order valence-corrected chi connectivity index (χ4v) is 1.16. The smallest absolute Gasteiger partial charge is 0.250 e. The predicted octanol–water partition coefficient (Wildman–Crippen LogP) is 1.54. The van der Waals surface area contributed by atoms with Crippen molar-refractivity contribution in [3.05, 3.63) is 23.8 Å². The second-order valence-corrected chi connectivity index (χ2v) is 3.42. The van der Waals surface area contributed by atoms with Crippen LogP contribution in [-0.4, -0.2) is 12.0 Å². The number of hydrogen-bond acceptors (Lipinski definition) is 3. The number of nitrogens with two attached hydrogens (primary N) is 2. The van der Waals surface area contributed by atoms with E-state index in [4.69, 9.17) is 16.2 Å². The maximum atomic E-state index is 11.0. The molecule has 1 amide bonds. The first-order valence-electron chi connectivity index (χ1n) is 4.91. The fraction of sp³-hybridized carbons (Fsp3) is 0.364. The lowest BCUT2D eigenvalue weighted by molar-refractivity contribution is 0.100. The zero-order chi connectivity index (χ0) is 11.4. The summed E-state index contributed by atoms with van der Waals surface area (Å²) in [5.74, 6) is -0.0252. The Morgan fingerprint density at radius 1 is 1.53 bits per heavy atom. The van der Waals surface area contributed by atoms with Crippen molar-refractivity contribution in [3.8, 4) is 5.75 Å². The number of amides is 1. The van der Waals surface area contributed by atoms with Crippen molar-refractivity contribution in [2.75, 3.05) is 5.73 Å². The number of anilines is 1. The normalized spacial score (nSPS) is 12.1. The molecule has 0 spiro atoms. The molecule has 0 aromatic heterocycles. The summed E-state index contributed by atoms with van der Waals surface area (Å²) in [6.45, 7) is 3.95. The van der Waals surface area contributed by atoms with Crippen LogP contribution in [0.3, 0.4) is 0 Å². The second kappa shape index (κ2) is 4.68. The van der Waals surface area contributed by atoms with Crippen molar-refractivity contribution in [3.63, 3.8) is 0 Å². The molecule has 0 aliphatic carbocycles. The van der Waals surface area contributed by atoms with Crippen LogP contribution in [-0.2, 0) is 0 Å². The molecular weight excluding hydrogens is 192 g/mol. The van der Waals surface area contributed by atoms with Gasteiger partial charge in [-0.25, -0.2) is 0 Å². The molecule has 0 saturated heterocycles. The number of carbonyl (C=O) groups is 1. The van der Waals surface area contributed by atoms with Crippen LogP contribution in [0.4, 0.5) is 5.69 Å². The summed E-state index contributed by atoms with van der Waals surface area (Å²) in [5.41, 5.74) is 11.5. The Balaban J connectivity index is 2.99. The third kappa shape index (κ3) is 2.62. The van der Waals surface area contributed by atoms with Gasteiger partial charge in [0.05, 0.1) is 17.4 Å². The van der Waals surface area contributed by atoms with Crippen LogP contribution in [0.15, 0.2) is 18.2 Å². The SMILES string of the molecule is CCC(C)Oc1cccc(C(N)=O)c1N. The highest BCUT2D eigenvalue weighted by atomic mass is 16.5. The molecule has 0 fully saturated rings. The molecule has 0 radical (unpaired) electrons. The largest absolute Gasteiger partial charge is 0.489 e. The van der Waals surface area contributed by atoms with Gasteiger partial charge in [0.1, 0.15) is 5.75 Å². The number of para-hydroxylation sites is 1. The minimum absolute atomic E-state index is 0.0652. The molecule has 82 valence electrons. The van der Waals surface area contributed by atoms with E-state index < -0.39 is 5.91 Å². The van der Waals surface area contributed by atoms with Gasteiger partial charge in [-0.3, -0.25) is 4.79 Å². The summed E-state index contributed by atoms with van der Waals surface area (Å²) in [6.07, 6.45) is 0.940. The van der Waals surface area contributed by atoms with Crippen molar-refractivity contribution < 1.29 is 9.53 Å². The van der Waals surface area contributed by atoms with Gasteiger partial charge in [-0.1, -0.05) is 13.0 Å². The molecule has 4 N–H and O–H groups in total. The first-order valence-corrected chi connectivity index (χ1v) is 4.91. The number of carbonyl (C=O) groups excluding carboxylic acids is 1. The third-order valence-electron chi connectivity index (χ3n) is 2.23. The Hall–Kier alpha value is -1.71. The first-order chi connectivity index (χ1) is 7.06. The average Bonchev–Trinajstić information content (AvgIpc) is 2.20. The Labute approximate surface area is 89.2 Å². The maximum Gasteiger partial charge on any atom is 0.250 e. The lowest BCUT2D eigenvalue weighted by Crippen LogP contribution is -2.16. The molecule has 0 bridgehead atoms. The molecular formula is C11H16N2O2. The number of nitrogen functional groups attached to an aromatic ring is 1. The van der Waals surface area contributed by atoms with Crippen LogP contribution in [0.5, 0.6) is 5.75 Å². The lowest BCUT2D eigenvalue weighted by Gasteiger charge is -2.15. The Bertz CT molecular complexity index is 364. The number of hydrogen-bond donors (Lipinski definition) is 2. The third-order valence-corrected chi connectivity index (χ3v) is 2.23. The highest BCUT2D eigenvalue weighted by Crippen LogP contribution is 2.26. The summed E-state index contributed by atoms with van der Waals surface area (Å²) < 4.78 is 5.55. The van der Waals surface area contributed by atoms with Gasteiger partial charge in [0.25, 0.3) is 5.91 Å². The fourth-order valence-electron chi connectivity index (χ4n) is 1.16. The molecule has 1 unspecified atom stereocenters. The number of ether oxygens (including phenoxy) is 1. The van der Waals surface area contributed by atoms with E-state index in [2.05, 4.69) is 0 Å². The van der Waals surface area contributed by atoms with Crippen LogP contribution < -0.4 is 16.2 Å². The highest BCUT2D eigenvalue weighted by Gasteiger charge is 2.11. The van der Waals surface area contributed by atoms with Gasteiger partial charge in [-0.05, 0) is 25.5 Å². The van der Waals surface area contributed by atoms with Crippen LogP contribution >= 0.6 is 0 Å². The van der Waals surface area contributed by atoms with E-state index in [0.29, 0.717) is 17.0 Å². The zero-order valence-electron chi connectivity index (χ0n) is 8.99. The number of rotatable bonds is 4. The molecule has 0 aliphatic rings. The zero-order valence-corrected chi connectivity index (χ0v) is 8.99. The molecule has 1 rings (SSSR count). The molecule has 1 aromatic rings. The van der Waals surface area contributed by atoms with Crippen molar-refractivity contribution in [1.82, 2.24) is 0 Å². The molecule has 0 aliphatic heterocycles. The highest BCUT2D eigenvalue weighted by molar-refractivity contribution is 5.99. The van der Waals surface area contributed by atoms with E-state index in [-0.39, 0.29) is 6.10 Å². The van der Waals surface area contributed by atoms with Crippen molar-refractivity contribution in [2.45, 2.75) is 26.4 Å². The van der Waals surface area contributed by atoms with E-state index in [9.17, 15) is 4.79 Å². The summed E-state index contributed by atoms with van der Waals surface area (Å²) in [4.78, 5) is 11.0. The van der Waals surface area contributed by atoms with E-state index >= 15 is 0 Å². The predicted molar refractivity (Wildman–Crippen MR) is 59.8 cm³/mol. The number of primary amides is 1. The van der Waals surface area contributed by atoms with Crippen LogP contribution in [0.25, 0.3) is 0 Å². The van der Waals surface area contributed by atoms with Gasteiger partial charge in [0.15, 0.2) is 0 Å². The minimum Gasteiger partial charge on any atom is -0.489 e. The quantitative estimate of drug-likeness (QED) is 0.737. The van der Waals surface area contributed by atoms with E-state index in [0.717, 1.165) is 6.42 Å². The van der Waals surface area contributed by atoms with E-state index in [1.807, 2.05) is 13.8 Å². The average molecular weight is 208 g/mol. The number of benzene rings is 1. The minimum atomic E-state index is -0.540. The van der Waals surface area contributed by atoms with Gasteiger partial charge in [0, 0.05) is 0 Å². The Kier molecular flexibility index (Phi) is 3.55. The monoisotopic (exact) mass is 208 g/mol. The standard InChI is InChI=1S/C11H16N2O2/c1-3-7(2)15-9-6-4-5-8(10(9)12)11(13)14/h4-7H,3,12H2,1-2H3,(H2,13,14). The molecule has 0 saturated carbocycles. The topological polar surface area (TPSA) is 78.3 Å². The van der Waals surface area contributed by atoms with Crippen LogP contribution in [0.2, 0.25) is 0 Å². The molecule has 15 heavy (non-hydrogen) atoms. The summed E-state index contributed by atoms with van der Waals surface area (Å²) in [5, 5.41) is 0. The first kappa shape index (κ1) is 11.4. The van der Waals surface area contributed by atoms with Gasteiger partial charge < -0.3 is 16.2 Å². The molecule has 4 heteroatoms. The molecule has 0 heterocycles. The molecule has 1 aromatic carbocycles.